The van der Waals surface area contributed by atoms with Gasteiger partial charge in [0, 0.05) is 5.56 Å². The molecule has 0 spiro atoms. The Bertz CT molecular complexity index is 648. The molecule has 2 aliphatic rings. The molecular formula is C17H15ClO. The SMILES string of the molecule is ClC1CCCc2c1ccc1c2OCc2ccccc2-1. The topological polar surface area (TPSA) is 9.23 Å². The minimum absolute atomic E-state index is 0.148. The highest BCUT2D eigenvalue weighted by atomic mass is 35.5. The fourth-order valence-corrected chi connectivity index (χ4v) is 3.60. The van der Waals surface area contributed by atoms with Crippen molar-refractivity contribution in [3.05, 3.63) is 53.1 Å². The van der Waals surface area contributed by atoms with E-state index in [-0.39, 0.29) is 5.38 Å². The summed E-state index contributed by atoms with van der Waals surface area (Å²) in [5.74, 6) is 1.07. The lowest BCUT2D eigenvalue weighted by Crippen LogP contribution is -2.12. The van der Waals surface area contributed by atoms with E-state index in [1.54, 1.807) is 0 Å². The summed E-state index contributed by atoms with van der Waals surface area (Å²) in [7, 11) is 0. The van der Waals surface area contributed by atoms with E-state index in [1.807, 2.05) is 0 Å². The van der Waals surface area contributed by atoms with Crippen molar-refractivity contribution in [2.75, 3.05) is 0 Å². The van der Waals surface area contributed by atoms with Crippen molar-refractivity contribution in [1.29, 1.82) is 0 Å². The fraction of sp³-hybridized carbons (Fsp3) is 0.294. The molecule has 0 amide bonds. The smallest absolute Gasteiger partial charge is 0.131 e. The average molecular weight is 271 g/mol. The largest absolute Gasteiger partial charge is 0.488 e. The molecule has 2 aromatic rings. The maximum Gasteiger partial charge on any atom is 0.131 e. The third kappa shape index (κ3) is 1.68. The third-order valence-corrected chi connectivity index (χ3v) is 4.65. The lowest BCUT2D eigenvalue weighted by atomic mass is 9.86. The molecule has 1 atom stereocenters. The number of fused-ring (bicyclic) bond motifs is 5. The zero-order valence-electron chi connectivity index (χ0n) is 10.7. The molecule has 1 aliphatic heterocycles. The van der Waals surface area contributed by atoms with Crippen LogP contribution in [0.5, 0.6) is 5.75 Å². The summed E-state index contributed by atoms with van der Waals surface area (Å²) in [5.41, 5.74) is 6.41. The Balaban J connectivity index is 1.95. The van der Waals surface area contributed by atoms with E-state index < -0.39 is 0 Å². The number of rotatable bonds is 0. The second-order valence-corrected chi connectivity index (χ2v) is 5.84. The Kier molecular flexibility index (Phi) is 2.56. The number of halogens is 1. The van der Waals surface area contributed by atoms with Crippen LogP contribution in [0.4, 0.5) is 0 Å². The molecule has 2 aromatic carbocycles. The third-order valence-electron chi connectivity index (χ3n) is 4.20. The van der Waals surface area contributed by atoms with Gasteiger partial charge in [-0.15, -0.1) is 11.6 Å². The molecule has 4 rings (SSSR count). The highest BCUT2D eigenvalue weighted by Gasteiger charge is 2.26. The molecule has 0 fully saturated rings. The number of hydrogen-bond acceptors (Lipinski definition) is 1. The summed E-state index contributed by atoms with van der Waals surface area (Å²) >= 11 is 6.43. The molecule has 1 heterocycles. The van der Waals surface area contributed by atoms with Crippen LogP contribution < -0.4 is 4.74 Å². The maximum atomic E-state index is 6.43. The average Bonchev–Trinajstić information content (AvgIpc) is 2.47. The minimum atomic E-state index is 0.148. The van der Waals surface area contributed by atoms with Gasteiger partial charge in [0.2, 0.25) is 0 Å². The number of benzene rings is 2. The van der Waals surface area contributed by atoms with Crippen LogP contribution in [0.3, 0.4) is 0 Å². The van der Waals surface area contributed by atoms with Gasteiger partial charge in [-0.2, -0.15) is 0 Å². The molecule has 19 heavy (non-hydrogen) atoms. The van der Waals surface area contributed by atoms with E-state index in [1.165, 1.54) is 27.8 Å². The number of ether oxygens (including phenoxy) is 1. The van der Waals surface area contributed by atoms with Crippen LogP contribution in [-0.4, -0.2) is 0 Å². The Morgan fingerprint density at radius 3 is 2.89 bits per heavy atom. The molecule has 0 bridgehead atoms. The van der Waals surface area contributed by atoms with Crippen LogP contribution in [0, 0.1) is 0 Å². The van der Waals surface area contributed by atoms with Gasteiger partial charge >= 0.3 is 0 Å². The van der Waals surface area contributed by atoms with Gasteiger partial charge in [0.25, 0.3) is 0 Å². The van der Waals surface area contributed by atoms with E-state index in [4.69, 9.17) is 16.3 Å². The van der Waals surface area contributed by atoms with Gasteiger partial charge in [-0.3, -0.25) is 0 Å². The molecule has 0 saturated heterocycles. The van der Waals surface area contributed by atoms with Crippen molar-refractivity contribution in [2.45, 2.75) is 31.2 Å². The summed E-state index contributed by atoms with van der Waals surface area (Å²) in [4.78, 5) is 0. The van der Waals surface area contributed by atoms with E-state index in [0.717, 1.165) is 25.0 Å². The van der Waals surface area contributed by atoms with Gasteiger partial charge in [-0.05, 0) is 41.5 Å². The first kappa shape index (κ1) is 11.4. The van der Waals surface area contributed by atoms with E-state index in [2.05, 4.69) is 36.4 Å². The summed E-state index contributed by atoms with van der Waals surface area (Å²) < 4.78 is 6.04. The molecule has 0 N–H and O–H groups in total. The van der Waals surface area contributed by atoms with Crippen molar-refractivity contribution in [2.24, 2.45) is 0 Å². The molecule has 0 radical (unpaired) electrons. The molecule has 0 aromatic heterocycles. The zero-order valence-corrected chi connectivity index (χ0v) is 11.4. The van der Waals surface area contributed by atoms with Crippen molar-refractivity contribution in [3.63, 3.8) is 0 Å². The van der Waals surface area contributed by atoms with Gasteiger partial charge in [0.15, 0.2) is 0 Å². The molecule has 1 aliphatic carbocycles. The maximum absolute atomic E-state index is 6.43. The Morgan fingerprint density at radius 1 is 1.05 bits per heavy atom. The van der Waals surface area contributed by atoms with Crippen molar-refractivity contribution in [1.82, 2.24) is 0 Å². The predicted molar refractivity (Wildman–Crippen MR) is 77.7 cm³/mol. The van der Waals surface area contributed by atoms with Crippen LogP contribution in [0.2, 0.25) is 0 Å². The molecular weight excluding hydrogens is 256 g/mol. The van der Waals surface area contributed by atoms with Crippen molar-refractivity contribution >= 4 is 11.6 Å². The molecule has 2 heteroatoms. The minimum Gasteiger partial charge on any atom is -0.488 e. The number of hydrogen-bond donors (Lipinski definition) is 0. The summed E-state index contributed by atoms with van der Waals surface area (Å²) in [6.45, 7) is 0.673. The highest BCUT2D eigenvalue weighted by Crippen LogP contribution is 2.46. The first-order valence-corrected chi connectivity index (χ1v) is 7.29. The quantitative estimate of drug-likeness (QED) is 0.621. The Labute approximate surface area is 118 Å². The Hall–Kier alpha value is -1.47. The highest BCUT2D eigenvalue weighted by molar-refractivity contribution is 6.21. The summed E-state index contributed by atoms with van der Waals surface area (Å²) in [6.07, 6.45) is 3.32. The van der Waals surface area contributed by atoms with Gasteiger partial charge in [0.1, 0.15) is 12.4 Å². The fourth-order valence-electron chi connectivity index (χ4n) is 3.24. The van der Waals surface area contributed by atoms with Crippen molar-refractivity contribution < 1.29 is 4.74 Å². The lowest BCUT2D eigenvalue weighted by Gasteiger charge is -2.28. The monoisotopic (exact) mass is 270 g/mol. The summed E-state index contributed by atoms with van der Waals surface area (Å²) in [5, 5.41) is 0.148. The van der Waals surface area contributed by atoms with Crippen LogP contribution in [0.25, 0.3) is 11.1 Å². The van der Waals surface area contributed by atoms with Gasteiger partial charge < -0.3 is 4.74 Å². The first-order valence-electron chi connectivity index (χ1n) is 6.85. The molecule has 1 unspecified atom stereocenters. The lowest BCUT2D eigenvalue weighted by molar-refractivity contribution is 0.297. The summed E-state index contributed by atoms with van der Waals surface area (Å²) in [6, 6.07) is 12.9. The van der Waals surface area contributed by atoms with Gasteiger partial charge in [-0.1, -0.05) is 36.4 Å². The molecule has 0 saturated carbocycles. The van der Waals surface area contributed by atoms with Crippen LogP contribution in [0.15, 0.2) is 36.4 Å². The second kappa shape index (κ2) is 4.28. The first-order chi connectivity index (χ1) is 9.34. The second-order valence-electron chi connectivity index (χ2n) is 5.32. The normalized spacial score (nSPS) is 19.9. The standard InChI is InChI=1S/C17H15ClO/c18-16-7-3-6-14-13(16)8-9-15-12-5-2-1-4-11(12)10-19-17(14)15/h1-2,4-5,8-9,16H,3,6-7,10H2. The Morgan fingerprint density at radius 2 is 1.95 bits per heavy atom. The predicted octanol–water partition coefficient (Wildman–Crippen LogP) is 4.86. The molecule has 96 valence electrons. The van der Waals surface area contributed by atoms with Gasteiger partial charge in [-0.25, -0.2) is 0 Å². The van der Waals surface area contributed by atoms with E-state index >= 15 is 0 Å². The van der Waals surface area contributed by atoms with Crippen LogP contribution in [-0.2, 0) is 13.0 Å². The van der Waals surface area contributed by atoms with E-state index in [9.17, 15) is 0 Å². The van der Waals surface area contributed by atoms with Crippen LogP contribution in [0.1, 0.15) is 34.9 Å². The van der Waals surface area contributed by atoms with E-state index in [0.29, 0.717) is 6.61 Å². The number of alkyl halides is 1. The zero-order chi connectivity index (χ0) is 12.8. The van der Waals surface area contributed by atoms with Gasteiger partial charge in [0.05, 0.1) is 5.38 Å². The van der Waals surface area contributed by atoms with Crippen molar-refractivity contribution in [3.8, 4) is 16.9 Å². The van der Waals surface area contributed by atoms with Crippen LogP contribution >= 0.6 is 11.6 Å². The molecule has 1 nitrogen and oxygen atoms in total.